The Kier molecular flexibility index (Phi) is 7.44. The number of carbonyl (C=O) groups excluding carboxylic acids is 2. The summed E-state index contributed by atoms with van der Waals surface area (Å²) in [7, 11) is -3.73. The molecular weight excluding hydrogens is 498 g/mol. The molecule has 7 nitrogen and oxygen atoms in total. The average Bonchev–Trinajstić information content (AvgIpc) is 2.98. The summed E-state index contributed by atoms with van der Waals surface area (Å²) in [6, 6.07) is 25.1. The van der Waals surface area contributed by atoms with E-state index in [1.165, 1.54) is 12.1 Å². The number of ketones is 1. The van der Waals surface area contributed by atoms with Crippen LogP contribution in [0, 0.1) is 0 Å². The van der Waals surface area contributed by atoms with Gasteiger partial charge in [0.25, 0.3) is 5.91 Å². The first-order valence-electron chi connectivity index (χ1n) is 12.5. The first-order chi connectivity index (χ1) is 18.4. The standard InChI is InChI=1S/C30H27N3O4S/c34-29(22-7-2-1-3-8-22)23-11-13-24(14-12-23)30(35)32-26-15-17-27(18-16-26)38(36,37)33-20-5-4-10-28(33)25-9-6-19-31-21-25/h1-3,6-9,11-19,21,28H,4-5,10,20H2,(H,32,35)/t28-/m1/s1. The number of aromatic nitrogens is 1. The molecule has 1 N–H and O–H groups in total. The van der Waals surface area contributed by atoms with Crippen LogP contribution in [-0.4, -0.2) is 35.9 Å². The van der Waals surface area contributed by atoms with Gasteiger partial charge in [0.05, 0.1) is 10.9 Å². The molecule has 1 aliphatic rings. The zero-order valence-corrected chi connectivity index (χ0v) is 21.5. The van der Waals surface area contributed by atoms with Crippen LogP contribution >= 0.6 is 0 Å². The van der Waals surface area contributed by atoms with Gasteiger partial charge in [0, 0.05) is 41.3 Å². The van der Waals surface area contributed by atoms with Crippen molar-refractivity contribution in [3.63, 3.8) is 0 Å². The number of hydrogen-bond donors (Lipinski definition) is 1. The largest absolute Gasteiger partial charge is 0.322 e. The summed E-state index contributed by atoms with van der Waals surface area (Å²) >= 11 is 0. The first kappa shape index (κ1) is 25.5. The fourth-order valence-electron chi connectivity index (χ4n) is 4.68. The third-order valence-corrected chi connectivity index (χ3v) is 8.61. The maximum atomic E-state index is 13.5. The lowest BCUT2D eigenvalue weighted by Gasteiger charge is -2.34. The molecule has 0 unspecified atom stereocenters. The quantitative estimate of drug-likeness (QED) is 0.322. The molecule has 0 saturated carbocycles. The van der Waals surface area contributed by atoms with Crippen LogP contribution in [0.2, 0.25) is 0 Å². The molecule has 1 atom stereocenters. The molecule has 0 bridgehead atoms. The molecule has 5 rings (SSSR count). The van der Waals surface area contributed by atoms with Crippen molar-refractivity contribution in [2.75, 3.05) is 11.9 Å². The number of amides is 1. The number of nitrogens with zero attached hydrogens (tertiary/aromatic N) is 2. The van der Waals surface area contributed by atoms with E-state index in [-0.39, 0.29) is 22.6 Å². The van der Waals surface area contributed by atoms with E-state index in [4.69, 9.17) is 0 Å². The first-order valence-corrected chi connectivity index (χ1v) is 13.9. The number of piperidine rings is 1. The lowest BCUT2D eigenvalue weighted by atomic mass is 9.99. The lowest BCUT2D eigenvalue weighted by Crippen LogP contribution is -2.38. The van der Waals surface area contributed by atoms with Gasteiger partial charge in [0.15, 0.2) is 5.78 Å². The van der Waals surface area contributed by atoms with Crippen LogP contribution in [0.3, 0.4) is 0 Å². The van der Waals surface area contributed by atoms with Crippen molar-refractivity contribution in [1.29, 1.82) is 0 Å². The molecule has 1 fully saturated rings. The Hall–Kier alpha value is -4.14. The average molecular weight is 526 g/mol. The number of nitrogens with one attached hydrogen (secondary N) is 1. The SMILES string of the molecule is O=C(Nc1ccc(S(=O)(=O)N2CCCC[C@@H]2c2cccnc2)cc1)c1ccc(C(=O)c2ccccc2)cc1. The van der Waals surface area contributed by atoms with Crippen LogP contribution < -0.4 is 5.32 Å². The number of rotatable bonds is 7. The zero-order chi connectivity index (χ0) is 26.5. The van der Waals surface area contributed by atoms with Crippen LogP contribution in [0.4, 0.5) is 5.69 Å². The highest BCUT2D eigenvalue weighted by Gasteiger charge is 2.34. The molecule has 1 amide bonds. The molecular formula is C30H27N3O4S. The highest BCUT2D eigenvalue weighted by atomic mass is 32.2. The van der Waals surface area contributed by atoms with Gasteiger partial charge in [-0.2, -0.15) is 4.31 Å². The highest BCUT2D eigenvalue weighted by molar-refractivity contribution is 7.89. The Morgan fingerprint density at radius 1 is 0.789 bits per heavy atom. The van der Waals surface area contributed by atoms with Crippen molar-refractivity contribution in [3.05, 3.63) is 126 Å². The normalized spacial score (nSPS) is 16.1. The van der Waals surface area contributed by atoms with E-state index in [1.807, 2.05) is 18.2 Å². The Bertz CT molecular complexity index is 1520. The van der Waals surface area contributed by atoms with Crippen molar-refractivity contribution >= 4 is 27.4 Å². The summed E-state index contributed by atoms with van der Waals surface area (Å²) in [6.07, 6.45) is 5.91. The van der Waals surface area contributed by atoms with E-state index < -0.39 is 10.0 Å². The second-order valence-electron chi connectivity index (χ2n) is 9.16. The van der Waals surface area contributed by atoms with Crippen LogP contribution in [0.15, 0.2) is 108 Å². The second kappa shape index (κ2) is 11.1. The number of pyridine rings is 1. The summed E-state index contributed by atoms with van der Waals surface area (Å²) in [4.78, 5) is 29.7. The predicted molar refractivity (Wildman–Crippen MR) is 145 cm³/mol. The third-order valence-electron chi connectivity index (χ3n) is 6.69. The summed E-state index contributed by atoms with van der Waals surface area (Å²) in [6.45, 7) is 0.448. The minimum Gasteiger partial charge on any atom is -0.322 e. The van der Waals surface area contributed by atoms with Crippen LogP contribution in [-0.2, 0) is 10.0 Å². The number of benzene rings is 3. The fourth-order valence-corrected chi connectivity index (χ4v) is 6.36. The molecule has 0 spiro atoms. The van der Waals surface area contributed by atoms with Crippen LogP contribution in [0.5, 0.6) is 0 Å². The van der Waals surface area contributed by atoms with Crippen LogP contribution in [0.25, 0.3) is 0 Å². The molecule has 0 aliphatic carbocycles. The topological polar surface area (TPSA) is 96.4 Å². The second-order valence-corrected chi connectivity index (χ2v) is 11.1. The van der Waals surface area contributed by atoms with E-state index in [0.717, 1.165) is 24.8 Å². The Morgan fingerprint density at radius 3 is 2.16 bits per heavy atom. The van der Waals surface area contributed by atoms with E-state index in [0.29, 0.717) is 28.9 Å². The minimum atomic E-state index is -3.73. The monoisotopic (exact) mass is 525 g/mol. The van der Waals surface area contributed by atoms with Crippen molar-refractivity contribution in [3.8, 4) is 0 Å². The number of carbonyl (C=O) groups is 2. The van der Waals surface area contributed by atoms with Gasteiger partial charge in [-0.1, -0.05) is 55.0 Å². The molecule has 3 aromatic carbocycles. The number of hydrogen-bond acceptors (Lipinski definition) is 5. The predicted octanol–water partition coefficient (Wildman–Crippen LogP) is 5.48. The molecule has 1 saturated heterocycles. The molecule has 192 valence electrons. The molecule has 1 aliphatic heterocycles. The highest BCUT2D eigenvalue weighted by Crippen LogP contribution is 2.35. The maximum absolute atomic E-state index is 13.5. The summed E-state index contributed by atoms with van der Waals surface area (Å²) in [5.41, 5.74) is 2.82. The van der Waals surface area contributed by atoms with Gasteiger partial charge in [-0.25, -0.2) is 8.42 Å². The Morgan fingerprint density at radius 2 is 1.47 bits per heavy atom. The van der Waals surface area contributed by atoms with Gasteiger partial charge < -0.3 is 5.32 Å². The minimum absolute atomic E-state index is 0.117. The van der Waals surface area contributed by atoms with Crippen LogP contribution in [0.1, 0.15) is 57.1 Å². The van der Waals surface area contributed by atoms with Crippen molar-refractivity contribution < 1.29 is 18.0 Å². The fraction of sp³-hybridized carbons (Fsp3) is 0.167. The lowest BCUT2D eigenvalue weighted by molar-refractivity contribution is 0.102. The third kappa shape index (κ3) is 5.41. The van der Waals surface area contributed by atoms with Gasteiger partial charge in [-0.05, 0) is 60.9 Å². The summed E-state index contributed by atoms with van der Waals surface area (Å²) < 4.78 is 28.6. The van der Waals surface area contributed by atoms with Gasteiger partial charge >= 0.3 is 0 Å². The van der Waals surface area contributed by atoms with E-state index in [9.17, 15) is 18.0 Å². The molecule has 4 aromatic rings. The summed E-state index contributed by atoms with van der Waals surface area (Å²) in [5.74, 6) is -0.471. The van der Waals surface area contributed by atoms with Gasteiger partial charge in [-0.15, -0.1) is 0 Å². The molecule has 8 heteroatoms. The van der Waals surface area contributed by atoms with E-state index in [1.54, 1.807) is 77.4 Å². The van der Waals surface area contributed by atoms with E-state index in [2.05, 4.69) is 10.3 Å². The summed E-state index contributed by atoms with van der Waals surface area (Å²) in [5, 5.41) is 2.79. The van der Waals surface area contributed by atoms with Gasteiger partial charge in [0.1, 0.15) is 0 Å². The molecule has 2 heterocycles. The van der Waals surface area contributed by atoms with E-state index >= 15 is 0 Å². The van der Waals surface area contributed by atoms with Crippen molar-refractivity contribution in [2.24, 2.45) is 0 Å². The van der Waals surface area contributed by atoms with Gasteiger partial charge in [-0.3, -0.25) is 14.6 Å². The van der Waals surface area contributed by atoms with Crippen molar-refractivity contribution in [2.45, 2.75) is 30.2 Å². The molecule has 1 aromatic heterocycles. The maximum Gasteiger partial charge on any atom is 0.255 e. The van der Waals surface area contributed by atoms with Gasteiger partial charge in [0.2, 0.25) is 10.0 Å². The Labute approximate surface area is 222 Å². The Balaban J connectivity index is 1.28. The van der Waals surface area contributed by atoms with Crippen molar-refractivity contribution in [1.82, 2.24) is 9.29 Å². The number of anilines is 1. The molecule has 38 heavy (non-hydrogen) atoms. The number of sulfonamides is 1. The zero-order valence-electron chi connectivity index (χ0n) is 20.7. The molecule has 0 radical (unpaired) electrons. The smallest absolute Gasteiger partial charge is 0.255 e.